The minimum Gasteiger partial charge on any atom is -0.289 e. The lowest BCUT2D eigenvalue weighted by Gasteiger charge is -1.97. The van der Waals surface area contributed by atoms with Crippen LogP contribution in [0.4, 0.5) is 0 Å². The number of alkyl halides is 1. The summed E-state index contributed by atoms with van der Waals surface area (Å²) >= 11 is 10.9. The second kappa shape index (κ2) is 5.05. The average Bonchev–Trinajstić information content (AvgIpc) is 2.18. The molecule has 0 saturated carbocycles. The summed E-state index contributed by atoms with van der Waals surface area (Å²) in [5, 5.41) is 0. The van der Waals surface area contributed by atoms with Crippen molar-refractivity contribution in [3.8, 4) is 0 Å². The molecule has 0 amide bonds. The summed E-state index contributed by atoms with van der Waals surface area (Å²) in [6.45, 7) is 0. The highest BCUT2D eigenvalue weighted by Crippen LogP contribution is 2.08. The molecule has 0 aliphatic heterocycles. The fraction of sp³-hybridized carbons (Fsp3) is 0.100. The number of hydrogen-bond donors (Lipinski definition) is 0. The Morgan fingerprint density at radius 1 is 1.31 bits per heavy atom. The molecule has 68 valence electrons. The van der Waals surface area contributed by atoms with Crippen LogP contribution in [0.15, 0.2) is 35.9 Å². The monoisotopic (exact) mass is 214 g/mol. The predicted molar refractivity (Wildman–Crippen MR) is 55.3 cm³/mol. The Morgan fingerprint density at radius 3 is 2.38 bits per heavy atom. The van der Waals surface area contributed by atoms with Crippen molar-refractivity contribution in [2.45, 2.75) is 5.88 Å². The fourth-order valence-electron chi connectivity index (χ4n) is 0.912. The molecule has 1 nitrogen and oxygen atoms in total. The molecule has 0 aliphatic carbocycles. The molecule has 0 N–H and O–H groups in total. The standard InChI is InChI=1S/C10H8Cl2O/c11-6-5-10(13)9-3-1-8(7-12)2-4-9/h1-6H,7H2/b6-5+. The van der Waals surface area contributed by atoms with Crippen molar-refractivity contribution in [2.75, 3.05) is 0 Å². The lowest BCUT2D eigenvalue weighted by Crippen LogP contribution is -1.93. The Balaban J connectivity index is 2.85. The summed E-state index contributed by atoms with van der Waals surface area (Å²) in [6, 6.07) is 7.11. The number of carbonyl (C=O) groups is 1. The molecule has 0 atom stereocenters. The SMILES string of the molecule is O=C(/C=C/Cl)c1ccc(CCl)cc1. The summed E-state index contributed by atoms with van der Waals surface area (Å²) in [5.74, 6) is 0.357. The summed E-state index contributed by atoms with van der Waals surface area (Å²) in [6.07, 6.45) is 1.32. The third kappa shape index (κ3) is 2.87. The van der Waals surface area contributed by atoms with E-state index in [2.05, 4.69) is 0 Å². The van der Waals surface area contributed by atoms with Crippen molar-refractivity contribution < 1.29 is 4.79 Å². The van der Waals surface area contributed by atoms with Gasteiger partial charge in [-0.05, 0) is 11.6 Å². The maximum absolute atomic E-state index is 11.2. The quantitative estimate of drug-likeness (QED) is 0.429. The lowest BCUT2D eigenvalue weighted by molar-refractivity contribution is 0.104. The number of benzene rings is 1. The number of rotatable bonds is 3. The van der Waals surface area contributed by atoms with E-state index in [0.717, 1.165) is 5.56 Å². The van der Waals surface area contributed by atoms with Crippen LogP contribution in [0.3, 0.4) is 0 Å². The van der Waals surface area contributed by atoms with Crippen LogP contribution in [-0.2, 0) is 5.88 Å². The molecular formula is C10H8Cl2O. The van der Waals surface area contributed by atoms with Crippen LogP contribution in [0, 0.1) is 0 Å². The Labute approximate surface area is 87.0 Å². The molecule has 0 spiro atoms. The summed E-state index contributed by atoms with van der Waals surface area (Å²) < 4.78 is 0. The Bertz CT molecular complexity index is 314. The zero-order chi connectivity index (χ0) is 9.68. The molecule has 0 heterocycles. The first-order valence-electron chi connectivity index (χ1n) is 3.74. The van der Waals surface area contributed by atoms with Crippen LogP contribution in [0.5, 0.6) is 0 Å². The van der Waals surface area contributed by atoms with Crippen molar-refractivity contribution in [3.05, 3.63) is 47.0 Å². The normalized spacial score (nSPS) is 10.6. The molecule has 1 aromatic rings. The van der Waals surface area contributed by atoms with Gasteiger partial charge in [-0.1, -0.05) is 35.9 Å². The highest BCUT2D eigenvalue weighted by molar-refractivity contribution is 6.27. The summed E-state index contributed by atoms with van der Waals surface area (Å²) in [7, 11) is 0. The molecule has 0 saturated heterocycles. The fourth-order valence-corrected chi connectivity index (χ4v) is 1.20. The maximum atomic E-state index is 11.2. The second-order valence-corrected chi connectivity index (χ2v) is 3.01. The van der Waals surface area contributed by atoms with Gasteiger partial charge in [-0.2, -0.15) is 0 Å². The van der Waals surface area contributed by atoms with Crippen LogP contribution >= 0.6 is 23.2 Å². The van der Waals surface area contributed by atoms with Gasteiger partial charge in [-0.15, -0.1) is 11.6 Å². The van der Waals surface area contributed by atoms with Gasteiger partial charge in [0, 0.05) is 17.0 Å². The maximum Gasteiger partial charge on any atom is 0.186 e. The van der Waals surface area contributed by atoms with E-state index >= 15 is 0 Å². The number of carbonyl (C=O) groups excluding carboxylic acids is 1. The Hall–Kier alpha value is -0.790. The third-order valence-corrected chi connectivity index (χ3v) is 2.04. The van der Waals surface area contributed by atoms with Gasteiger partial charge in [0.25, 0.3) is 0 Å². The molecule has 0 fully saturated rings. The molecule has 13 heavy (non-hydrogen) atoms. The smallest absolute Gasteiger partial charge is 0.186 e. The van der Waals surface area contributed by atoms with E-state index in [-0.39, 0.29) is 5.78 Å². The molecule has 0 aliphatic rings. The van der Waals surface area contributed by atoms with E-state index in [1.54, 1.807) is 12.1 Å². The number of hydrogen-bond acceptors (Lipinski definition) is 1. The first kappa shape index (κ1) is 10.3. The third-order valence-electron chi connectivity index (χ3n) is 1.61. The summed E-state index contributed by atoms with van der Waals surface area (Å²) in [4.78, 5) is 11.2. The zero-order valence-electron chi connectivity index (χ0n) is 6.84. The number of halogens is 2. The van der Waals surface area contributed by atoms with E-state index in [1.165, 1.54) is 11.6 Å². The van der Waals surface area contributed by atoms with Crippen LogP contribution in [0.25, 0.3) is 0 Å². The van der Waals surface area contributed by atoms with Crippen LogP contribution in [-0.4, -0.2) is 5.78 Å². The van der Waals surface area contributed by atoms with Crippen LogP contribution in [0.1, 0.15) is 15.9 Å². The minimum atomic E-state index is -0.101. The number of ketones is 1. The number of allylic oxidation sites excluding steroid dienone is 1. The van der Waals surface area contributed by atoms with Crippen molar-refractivity contribution in [2.24, 2.45) is 0 Å². The van der Waals surface area contributed by atoms with Gasteiger partial charge in [-0.25, -0.2) is 0 Å². The van der Waals surface area contributed by atoms with Gasteiger partial charge in [0.05, 0.1) is 0 Å². The second-order valence-electron chi connectivity index (χ2n) is 2.49. The molecule has 0 bridgehead atoms. The van der Waals surface area contributed by atoms with Crippen molar-refractivity contribution in [3.63, 3.8) is 0 Å². The van der Waals surface area contributed by atoms with Crippen LogP contribution in [0.2, 0.25) is 0 Å². The molecular weight excluding hydrogens is 207 g/mol. The minimum absolute atomic E-state index is 0.101. The first-order chi connectivity index (χ1) is 6.27. The van der Waals surface area contributed by atoms with Gasteiger partial charge in [0.2, 0.25) is 0 Å². The Kier molecular flexibility index (Phi) is 4.00. The highest BCUT2D eigenvalue weighted by atomic mass is 35.5. The topological polar surface area (TPSA) is 17.1 Å². The van der Waals surface area contributed by atoms with E-state index < -0.39 is 0 Å². The van der Waals surface area contributed by atoms with Crippen molar-refractivity contribution in [1.29, 1.82) is 0 Å². The molecule has 3 heteroatoms. The van der Waals surface area contributed by atoms with E-state index in [9.17, 15) is 4.79 Å². The van der Waals surface area contributed by atoms with Gasteiger partial charge in [-0.3, -0.25) is 4.79 Å². The van der Waals surface area contributed by atoms with Gasteiger partial charge in [0.1, 0.15) is 0 Å². The first-order valence-corrected chi connectivity index (χ1v) is 4.71. The Morgan fingerprint density at radius 2 is 1.92 bits per heavy atom. The van der Waals surface area contributed by atoms with Crippen molar-refractivity contribution >= 4 is 29.0 Å². The average molecular weight is 215 g/mol. The van der Waals surface area contributed by atoms with E-state index in [1.807, 2.05) is 12.1 Å². The van der Waals surface area contributed by atoms with Crippen LogP contribution < -0.4 is 0 Å². The molecule has 1 aromatic carbocycles. The molecule has 0 unspecified atom stereocenters. The van der Waals surface area contributed by atoms with Gasteiger partial charge in [0.15, 0.2) is 5.78 Å². The molecule has 0 aromatic heterocycles. The largest absolute Gasteiger partial charge is 0.289 e. The zero-order valence-corrected chi connectivity index (χ0v) is 8.35. The van der Waals surface area contributed by atoms with E-state index in [0.29, 0.717) is 11.4 Å². The van der Waals surface area contributed by atoms with Gasteiger partial charge >= 0.3 is 0 Å². The lowest BCUT2D eigenvalue weighted by atomic mass is 10.1. The molecule has 0 radical (unpaired) electrons. The highest BCUT2D eigenvalue weighted by Gasteiger charge is 2.00. The van der Waals surface area contributed by atoms with Gasteiger partial charge < -0.3 is 0 Å². The summed E-state index contributed by atoms with van der Waals surface area (Å²) in [5.41, 5.74) is 2.82. The predicted octanol–water partition coefficient (Wildman–Crippen LogP) is 3.36. The molecule has 1 rings (SSSR count). The van der Waals surface area contributed by atoms with E-state index in [4.69, 9.17) is 23.2 Å². The van der Waals surface area contributed by atoms with Crippen molar-refractivity contribution in [1.82, 2.24) is 0 Å².